The number of hydrogen-bond donors (Lipinski definition) is 0. The largest absolute Gasteiger partial charge is 0.335 e. The van der Waals surface area contributed by atoms with E-state index in [4.69, 9.17) is 0 Å². The number of carbonyl (C=O) groups is 1. The molecule has 1 amide bonds. The molecule has 23 heavy (non-hydrogen) atoms. The fraction of sp³-hybridized carbons (Fsp3) is 0.353. The van der Waals surface area contributed by atoms with Crippen LogP contribution in [-0.2, 0) is 0 Å². The summed E-state index contributed by atoms with van der Waals surface area (Å²) in [5, 5.41) is 0. The van der Waals surface area contributed by atoms with Crippen molar-refractivity contribution in [1.82, 2.24) is 23.8 Å². The summed E-state index contributed by atoms with van der Waals surface area (Å²) in [5.74, 6) is 1.01. The zero-order chi connectivity index (χ0) is 15.8. The summed E-state index contributed by atoms with van der Waals surface area (Å²) in [6, 6.07) is 6.06. The lowest BCUT2D eigenvalue weighted by Crippen LogP contribution is -2.41. The average Bonchev–Trinajstić information content (AvgIpc) is 3.20. The third kappa shape index (κ3) is 2.50. The molecule has 4 rings (SSSR count). The fourth-order valence-corrected chi connectivity index (χ4v) is 3.34. The zero-order valence-corrected chi connectivity index (χ0v) is 13.1. The van der Waals surface area contributed by atoms with Gasteiger partial charge in [0.05, 0.1) is 6.04 Å². The van der Waals surface area contributed by atoms with Gasteiger partial charge in [-0.2, -0.15) is 0 Å². The summed E-state index contributed by atoms with van der Waals surface area (Å²) in [5.41, 5.74) is 1.31. The third-order valence-corrected chi connectivity index (χ3v) is 4.52. The van der Waals surface area contributed by atoms with E-state index < -0.39 is 0 Å². The number of nitrogens with zero attached hydrogens (tertiary/aromatic N) is 5. The molecule has 6 nitrogen and oxygen atoms in total. The molecule has 1 aliphatic heterocycles. The minimum Gasteiger partial charge on any atom is -0.335 e. The van der Waals surface area contributed by atoms with Crippen molar-refractivity contribution in [2.75, 3.05) is 13.1 Å². The van der Waals surface area contributed by atoms with Crippen LogP contribution in [0.25, 0.3) is 5.65 Å². The van der Waals surface area contributed by atoms with Crippen molar-refractivity contribution in [3.8, 4) is 0 Å². The number of pyridine rings is 1. The van der Waals surface area contributed by atoms with Crippen LogP contribution in [0, 0.1) is 6.92 Å². The van der Waals surface area contributed by atoms with E-state index in [0.717, 1.165) is 30.9 Å². The molecular weight excluding hydrogens is 290 g/mol. The highest BCUT2D eigenvalue weighted by Gasteiger charge is 2.27. The summed E-state index contributed by atoms with van der Waals surface area (Å²) in [6.45, 7) is 3.50. The van der Waals surface area contributed by atoms with Crippen LogP contribution >= 0.6 is 0 Å². The predicted octanol–water partition coefficient (Wildman–Crippen LogP) is 2.32. The number of carbonyl (C=O) groups excluding carboxylic acids is 1. The first kappa shape index (κ1) is 14.0. The van der Waals surface area contributed by atoms with E-state index >= 15 is 0 Å². The van der Waals surface area contributed by atoms with Gasteiger partial charge in [-0.1, -0.05) is 6.07 Å². The second-order valence-electron chi connectivity index (χ2n) is 6.02. The summed E-state index contributed by atoms with van der Waals surface area (Å²) in [7, 11) is 0. The van der Waals surface area contributed by atoms with Crippen LogP contribution in [0.1, 0.15) is 35.2 Å². The van der Waals surface area contributed by atoms with Crippen LogP contribution in [0.5, 0.6) is 0 Å². The number of rotatable bonds is 2. The van der Waals surface area contributed by atoms with Gasteiger partial charge < -0.3 is 13.9 Å². The molecule has 0 aliphatic carbocycles. The first-order chi connectivity index (χ1) is 11.2. The maximum absolute atomic E-state index is 12.8. The molecule has 3 aromatic heterocycles. The van der Waals surface area contributed by atoms with E-state index in [1.165, 1.54) is 0 Å². The molecule has 0 radical (unpaired) electrons. The second-order valence-corrected chi connectivity index (χ2v) is 6.02. The first-order valence-electron chi connectivity index (χ1n) is 7.95. The molecule has 0 N–H and O–H groups in total. The van der Waals surface area contributed by atoms with Crippen molar-refractivity contribution in [2.45, 2.75) is 25.8 Å². The lowest BCUT2D eigenvalue weighted by atomic mass is 10.1. The molecule has 1 saturated heterocycles. The van der Waals surface area contributed by atoms with Gasteiger partial charge in [-0.3, -0.25) is 4.79 Å². The number of piperidine rings is 1. The Labute approximate surface area is 134 Å². The molecule has 1 aliphatic rings. The number of likely N-dealkylation sites (tertiary alicyclic amines) is 1. The number of aromatic nitrogens is 4. The summed E-state index contributed by atoms with van der Waals surface area (Å²) in [6.07, 6.45) is 9.61. The van der Waals surface area contributed by atoms with Crippen LogP contribution < -0.4 is 0 Å². The van der Waals surface area contributed by atoms with Crippen molar-refractivity contribution in [3.63, 3.8) is 0 Å². The Morgan fingerprint density at radius 2 is 2.22 bits per heavy atom. The average molecular weight is 309 g/mol. The fourth-order valence-electron chi connectivity index (χ4n) is 3.34. The van der Waals surface area contributed by atoms with Crippen LogP contribution in [0.2, 0.25) is 0 Å². The quantitative estimate of drug-likeness (QED) is 0.730. The smallest absolute Gasteiger partial charge is 0.274 e. The third-order valence-electron chi connectivity index (χ3n) is 4.52. The monoisotopic (exact) mass is 309 g/mol. The van der Waals surface area contributed by atoms with Crippen LogP contribution in [0.4, 0.5) is 0 Å². The summed E-state index contributed by atoms with van der Waals surface area (Å²) >= 11 is 0. The van der Waals surface area contributed by atoms with Gasteiger partial charge >= 0.3 is 0 Å². The molecule has 1 atom stereocenters. The highest BCUT2D eigenvalue weighted by atomic mass is 16.2. The van der Waals surface area contributed by atoms with Gasteiger partial charge in [0.15, 0.2) is 0 Å². The van der Waals surface area contributed by atoms with Crippen LogP contribution in [0.3, 0.4) is 0 Å². The van der Waals surface area contributed by atoms with E-state index in [9.17, 15) is 4.79 Å². The highest BCUT2D eigenvalue weighted by Crippen LogP contribution is 2.23. The van der Waals surface area contributed by atoms with Crippen molar-refractivity contribution < 1.29 is 4.79 Å². The Balaban J connectivity index is 1.57. The number of fused-ring (bicyclic) bond motifs is 1. The first-order valence-corrected chi connectivity index (χ1v) is 7.95. The Bertz CT molecular complexity index is 816. The number of aryl methyl sites for hydroxylation is 1. The molecule has 0 spiro atoms. The number of imidazole rings is 2. The van der Waals surface area contributed by atoms with Gasteiger partial charge in [-0.15, -0.1) is 0 Å². The van der Waals surface area contributed by atoms with Gasteiger partial charge in [-0.05, 0) is 31.9 Å². The molecule has 4 heterocycles. The Hall–Kier alpha value is -2.63. The minimum atomic E-state index is 0.0103. The topological polar surface area (TPSA) is 55.4 Å². The van der Waals surface area contributed by atoms with E-state index in [0.29, 0.717) is 18.3 Å². The summed E-state index contributed by atoms with van der Waals surface area (Å²) in [4.78, 5) is 23.4. The van der Waals surface area contributed by atoms with E-state index in [-0.39, 0.29) is 5.91 Å². The maximum atomic E-state index is 12.8. The summed E-state index contributed by atoms with van der Waals surface area (Å²) < 4.78 is 4.05. The highest BCUT2D eigenvalue weighted by molar-refractivity contribution is 5.93. The molecule has 3 aromatic rings. The van der Waals surface area contributed by atoms with E-state index in [2.05, 4.69) is 14.5 Å². The second kappa shape index (κ2) is 5.53. The van der Waals surface area contributed by atoms with E-state index in [1.54, 1.807) is 0 Å². The van der Waals surface area contributed by atoms with Gasteiger partial charge in [-0.25, -0.2) is 9.97 Å². The van der Waals surface area contributed by atoms with Crippen molar-refractivity contribution in [3.05, 3.63) is 54.5 Å². The molecule has 0 aromatic carbocycles. The van der Waals surface area contributed by atoms with Crippen molar-refractivity contribution in [2.24, 2.45) is 0 Å². The molecule has 0 saturated carbocycles. The van der Waals surface area contributed by atoms with E-state index in [1.807, 2.05) is 59.2 Å². The van der Waals surface area contributed by atoms with Crippen molar-refractivity contribution >= 4 is 11.6 Å². The van der Waals surface area contributed by atoms with Gasteiger partial charge in [0.25, 0.3) is 5.91 Å². The molecule has 1 unspecified atom stereocenters. The normalized spacial score (nSPS) is 18.5. The van der Waals surface area contributed by atoms with Gasteiger partial charge in [0.1, 0.15) is 17.2 Å². The Kier molecular flexibility index (Phi) is 3.37. The molecule has 6 heteroatoms. The van der Waals surface area contributed by atoms with Gasteiger partial charge in [0.2, 0.25) is 0 Å². The lowest BCUT2D eigenvalue weighted by molar-refractivity contribution is 0.0673. The zero-order valence-electron chi connectivity index (χ0n) is 13.1. The number of amides is 1. The number of hydrogen-bond acceptors (Lipinski definition) is 3. The molecular formula is C17H19N5O. The predicted molar refractivity (Wildman–Crippen MR) is 86.3 cm³/mol. The maximum Gasteiger partial charge on any atom is 0.274 e. The van der Waals surface area contributed by atoms with Crippen molar-refractivity contribution in [1.29, 1.82) is 0 Å². The minimum absolute atomic E-state index is 0.0103. The molecule has 0 bridgehead atoms. The molecule has 118 valence electrons. The Morgan fingerprint density at radius 1 is 1.30 bits per heavy atom. The lowest BCUT2D eigenvalue weighted by Gasteiger charge is -2.33. The van der Waals surface area contributed by atoms with Gasteiger partial charge in [0, 0.05) is 37.9 Å². The van der Waals surface area contributed by atoms with Crippen LogP contribution in [-0.4, -0.2) is 42.8 Å². The molecule has 1 fully saturated rings. The SMILES string of the molecule is Cc1nccn1C1CCCN(C(=O)c2cn3ccccc3n2)C1. The standard InChI is InChI=1S/C17H19N5O/c1-13-18-7-10-22(13)14-5-4-9-21(11-14)17(23)15-12-20-8-3-2-6-16(20)19-15/h2-3,6-8,10,12,14H,4-5,9,11H2,1H3. The van der Waals surface area contributed by atoms with Crippen LogP contribution in [0.15, 0.2) is 43.0 Å². The Morgan fingerprint density at radius 3 is 3.00 bits per heavy atom.